The van der Waals surface area contributed by atoms with E-state index < -0.39 is 6.17 Å². The average Bonchev–Trinajstić information content (AvgIpc) is 2.73. The molecule has 0 saturated heterocycles. The summed E-state index contributed by atoms with van der Waals surface area (Å²) in [6.45, 7) is 3.09. The van der Waals surface area contributed by atoms with Crippen LogP contribution in [0.5, 0.6) is 5.75 Å². The Hall–Kier alpha value is -2.91. The summed E-state index contributed by atoms with van der Waals surface area (Å²) >= 11 is 0. The van der Waals surface area contributed by atoms with E-state index in [-0.39, 0.29) is 0 Å². The van der Waals surface area contributed by atoms with Gasteiger partial charge in [-0.05, 0) is 55.4 Å². The summed E-state index contributed by atoms with van der Waals surface area (Å²) in [6.07, 6.45) is -1.11. The first-order valence-corrected chi connectivity index (χ1v) is 9.93. The van der Waals surface area contributed by atoms with Gasteiger partial charge in [0.1, 0.15) is 18.5 Å². The van der Waals surface area contributed by atoms with E-state index in [1.807, 2.05) is 99.0 Å². The normalized spacial score (nSPS) is 13.1. The third-order valence-corrected chi connectivity index (χ3v) is 4.76. The SMILES string of the molecule is CC(F)/C(=C(/c1ccccc1)c1ccc(OCCN(C)C)cc1)c1ccccc1. The second-order valence-corrected chi connectivity index (χ2v) is 7.31. The molecule has 1 atom stereocenters. The summed E-state index contributed by atoms with van der Waals surface area (Å²) in [5.74, 6) is 0.817. The van der Waals surface area contributed by atoms with Crippen LogP contribution in [0.4, 0.5) is 4.39 Å². The van der Waals surface area contributed by atoms with Crippen molar-refractivity contribution in [3.63, 3.8) is 0 Å². The Labute approximate surface area is 173 Å². The quantitative estimate of drug-likeness (QED) is 0.442. The molecule has 1 unspecified atom stereocenters. The van der Waals surface area contributed by atoms with Crippen LogP contribution in [0.2, 0.25) is 0 Å². The van der Waals surface area contributed by atoms with Crippen molar-refractivity contribution in [1.29, 1.82) is 0 Å². The number of nitrogens with zero attached hydrogens (tertiary/aromatic N) is 1. The van der Waals surface area contributed by atoms with Crippen LogP contribution >= 0.6 is 0 Å². The lowest BCUT2D eigenvalue weighted by Crippen LogP contribution is -2.19. The summed E-state index contributed by atoms with van der Waals surface area (Å²) in [6, 6.07) is 27.7. The average molecular weight is 390 g/mol. The highest BCUT2D eigenvalue weighted by molar-refractivity contribution is 5.99. The molecule has 0 fully saturated rings. The molecule has 0 radical (unpaired) electrons. The largest absolute Gasteiger partial charge is 0.492 e. The Balaban J connectivity index is 2.05. The Kier molecular flexibility index (Phi) is 7.20. The van der Waals surface area contributed by atoms with Crippen molar-refractivity contribution < 1.29 is 9.13 Å². The molecule has 0 saturated carbocycles. The van der Waals surface area contributed by atoms with E-state index in [4.69, 9.17) is 4.74 Å². The van der Waals surface area contributed by atoms with Crippen molar-refractivity contribution in [1.82, 2.24) is 4.90 Å². The van der Waals surface area contributed by atoms with Gasteiger partial charge >= 0.3 is 0 Å². The molecule has 0 N–H and O–H groups in total. The molecule has 0 heterocycles. The fourth-order valence-electron chi connectivity index (χ4n) is 3.34. The van der Waals surface area contributed by atoms with Crippen LogP contribution in [-0.2, 0) is 0 Å². The van der Waals surface area contributed by atoms with Gasteiger partial charge in [0.25, 0.3) is 0 Å². The number of hydrogen-bond acceptors (Lipinski definition) is 2. The van der Waals surface area contributed by atoms with Crippen LogP contribution in [0, 0.1) is 0 Å². The lowest BCUT2D eigenvalue weighted by atomic mass is 9.87. The van der Waals surface area contributed by atoms with E-state index in [0.29, 0.717) is 12.2 Å². The molecular weight excluding hydrogens is 361 g/mol. The number of rotatable bonds is 8. The van der Waals surface area contributed by atoms with Crippen molar-refractivity contribution >= 4 is 11.1 Å². The van der Waals surface area contributed by atoms with Crippen LogP contribution < -0.4 is 4.74 Å². The Bertz CT molecular complexity index is 916. The molecule has 150 valence electrons. The molecule has 3 heteroatoms. The second kappa shape index (κ2) is 10.0. The van der Waals surface area contributed by atoms with Crippen molar-refractivity contribution in [2.45, 2.75) is 13.1 Å². The van der Waals surface area contributed by atoms with Gasteiger partial charge in [-0.25, -0.2) is 4.39 Å². The van der Waals surface area contributed by atoms with Crippen LogP contribution in [0.25, 0.3) is 11.1 Å². The minimum Gasteiger partial charge on any atom is -0.492 e. The molecule has 0 aliphatic heterocycles. The van der Waals surface area contributed by atoms with E-state index >= 15 is 0 Å². The first-order valence-electron chi connectivity index (χ1n) is 9.93. The lowest BCUT2D eigenvalue weighted by Gasteiger charge is -2.19. The Morgan fingerprint density at radius 3 is 1.83 bits per heavy atom. The van der Waals surface area contributed by atoms with Crippen molar-refractivity contribution in [2.75, 3.05) is 27.2 Å². The number of ether oxygens (including phenoxy) is 1. The smallest absolute Gasteiger partial charge is 0.124 e. The fourth-order valence-corrected chi connectivity index (χ4v) is 3.34. The first-order chi connectivity index (χ1) is 14.1. The number of allylic oxidation sites excluding steroid dienone is 1. The monoisotopic (exact) mass is 389 g/mol. The van der Waals surface area contributed by atoms with Gasteiger partial charge in [0, 0.05) is 12.1 Å². The van der Waals surface area contributed by atoms with Gasteiger partial charge in [-0.3, -0.25) is 0 Å². The van der Waals surface area contributed by atoms with Gasteiger partial charge < -0.3 is 9.64 Å². The zero-order valence-corrected chi connectivity index (χ0v) is 17.3. The highest BCUT2D eigenvalue weighted by Gasteiger charge is 2.19. The van der Waals surface area contributed by atoms with Crippen molar-refractivity contribution in [3.05, 3.63) is 102 Å². The molecular formula is C26H28FNO. The third-order valence-electron chi connectivity index (χ3n) is 4.76. The lowest BCUT2D eigenvalue weighted by molar-refractivity contribution is 0.261. The maximum Gasteiger partial charge on any atom is 0.124 e. The summed E-state index contributed by atoms with van der Waals surface area (Å²) in [7, 11) is 4.04. The fraction of sp³-hybridized carbons (Fsp3) is 0.231. The zero-order valence-electron chi connectivity index (χ0n) is 17.3. The summed E-state index contributed by atoms with van der Waals surface area (Å²) in [4.78, 5) is 2.08. The summed E-state index contributed by atoms with van der Waals surface area (Å²) in [5, 5.41) is 0. The molecule has 29 heavy (non-hydrogen) atoms. The molecule has 0 aliphatic carbocycles. The van der Waals surface area contributed by atoms with Gasteiger partial charge in [-0.2, -0.15) is 0 Å². The van der Waals surface area contributed by atoms with E-state index in [9.17, 15) is 4.39 Å². The van der Waals surface area contributed by atoms with Gasteiger partial charge in [0.2, 0.25) is 0 Å². The zero-order chi connectivity index (χ0) is 20.6. The predicted molar refractivity (Wildman–Crippen MR) is 120 cm³/mol. The van der Waals surface area contributed by atoms with Gasteiger partial charge in [0.15, 0.2) is 0 Å². The van der Waals surface area contributed by atoms with Gasteiger partial charge in [-0.1, -0.05) is 72.8 Å². The number of alkyl halides is 1. The number of halogens is 1. The summed E-state index contributed by atoms with van der Waals surface area (Å²) < 4.78 is 20.7. The van der Waals surface area contributed by atoms with Crippen LogP contribution in [0.1, 0.15) is 23.6 Å². The van der Waals surface area contributed by atoms with E-state index in [2.05, 4.69) is 4.90 Å². The summed E-state index contributed by atoms with van der Waals surface area (Å²) in [5.41, 5.74) is 4.47. The first kappa shape index (κ1) is 20.8. The minimum atomic E-state index is -1.11. The molecule has 3 aromatic rings. The van der Waals surface area contributed by atoms with Gasteiger partial charge in [0.05, 0.1) is 0 Å². The minimum absolute atomic E-state index is 0.629. The molecule has 0 aromatic heterocycles. The molecule has 3 rings (SSSR count). The molecule has 0 aliphatic rings. The molecule has 0 bridgehead atoms. The van der Waals surface area contributed by atoms with Crippen molar-refractivity contribution in [3.8, 4) is 5.75 Å². The van der Waals surface area contributed by atoms with Crippen LogP contribution in [-0.4, -0.2) is 38.3 Å². The standard InChI is InChI=1S/C26H28FNO/c1-20(27)25(21-10-6-4-7-11-21)26(22-12-8-5-9-13-22)23-14-16-24(17-15-23)29-19-18-28(2)3/h4-17,20H,18-19H2,1-3H3/b26-25+. The van der Waals surface area contributed by atoms with Gasteiger partial charge in [-0.15, -0.1) is 0 Å². The highest BCUT2D eigenvalue weighted by atomic mass is 19.1. The third kappa shape index (κ3) is 5.55. The molecule has 2 nitrogen and oxygen atoms in total. The number of hydrogen-bond donors (Lipinski definition) is 0. The molecule has 0 spiro atoms. The predicted octanol–water partition coefficient (Wildman–Crippen LogP) is 5.94. The maximum absolute atomic E-state index is 14.9. The van der Waals surface area contributed by atoms with E-state index in [1.54, 1.807) is 6.92 Å². The molecule has 0 amide bonds. The Morgan fingerprint density at radius 1 is 0.793 bits per heavy atom. The molecule has 3 aromatic carbocycles. The van der Waals surface area contributed by atoms with Crippen molar-refractivity contribution in [2.24, 2.45) is 0 Å². The topological polar surface area (TPSA) is 12.5 Å². The second-order valence-electron chi connectivity index (χ2n) is 7.31. The maximum atomic E-state index is 14.9. The number of benzene rings is 3. The van der Waals surface area contributed by atoms with E-state index in [0.717, 1.165) is 34.6 Å². The number of likely N-dealkylation sites (N-methyl/N-ethyl adjacent to an activating group) is 1. The Morgan fingerprint density at radius 2 is 1.31 bits per heavy atom. The van der Waals surface area contributed by atoms with Crippen LogP contribution in [0.15, 0.2) is 84.9 Å². The van der Waals surface area contributed by atoms with E-state index in [1.165, 1.54) is 0 Å². The van der Waals surface area contributed by atoms with Crippen LogP contribution in [0.3, 0.4) is 0 Å². The highest BCUT2D eigenvalue weighted by Crippen LogP contribution is 2.36.